The first-order chi connectivity index (χ1) is 20.7. The molecule has 10 nitrogen and oxygen atoms in total. The lowest BCUT2D eigenvalue weighted by Crippen LogP contribution is -2.34. The topological polar surface area (TPSA) is 105 Å². The monoisotopic (exact) mass is 585 g/mol. The van der Waals surface area contributed by atoms with Gasteiger partial charge in [-0.25, -0.2) is 14.4 Å². The number of methoxy groups -OCH3 is 1. The second-order valence-corrected chi connectivity index (χ2v) is 10.8. The molecule has 224 valence electrons. The Morgan fingerprint density at radius 2 is 2.02 bits per heavy atom. The summed E-state index contributed by atoms with van der Waals surface area (Å²) in [5.74, 6) is 0.486. The molecule has 0 unspecified atom stereocenters. The predicted molar refractivity (Wildman–Crippen MR) is 167 cm³/mol. The van der Waals surface area contributed by atoms with Crippen molar-refractivity contribution in [2.24, 2.45) is 0 Å². The van der Waals surface area contributed by atoms with E-state index in [2.05, 4.69) is 45.6 Å². The Kier molecular flexibility index (Phi) is 8.61. The van der Waals surface area contributed by atoms with Crippen LogP contribution in [-0.2, 0) is 9.59 Å². The summed E-state index contributed by atoms with van der Waals surface area (Å²) in [7, 11) is 3.47. The number of nitrogens with one attached hydrogen (secondary N) is 2. The molecule has 0 bridgehead atoms. The largest absolute Gasteiger partial charge is 0.494 e. The summed E-state index contributed by atoms with van der Waals surface area (Å²) in [5.41, 5.74) is 4.14. The lowest BCUT2D eigenvalue weighted by atomic mass is 10.1. The van der Waals surface area contributed by atoms with Crippen LogP contribution in [0.2, 0.25) is 0 Å². The van der Waals surface area contributed by atoms with Crippen molar-refractivity contribution in [3.63, 3.8) is 0 Å². The average molecular weight is 586 g/mol. The quantitative estimate of drug-likeness (QED) is 0.216. The van der Waals surface area contributed by atoms with Crippen LogP contribution in [0.15, 0.2) is 61.6 Å². The normalized spacial score (nSPS) is 13.1. The Morgan fingerprint density at radius 1 is 1.21 bits per heavy atom. The Morgan fingerprint density at radius 3 is 2.72 bits per heavy atom. The van der Waals surface area contributed by atoms with Gasteiger partial charge >= 0.3 is 0 Å². The van der Waals surface area contributed by atoms with E-state index < -0.39 is 0 Å². The molecule has 43 heavy (non-hydrogen) atoms. The first kappa shape index (κ1) is 29.6. The van der Waals surface area contributed by atoms with Crippen LogP contribution in [0.1, 0.15) is 32.7 Å². The summed E-state index contributed by atoms with van der Waals surface area (Å²) in [6.45, 7) is 9.62. The Labute approximate surface area is 250 Å². The molecule has 1 aliphatic heterocycles. The summed E-state index contributed by atoms with van der Waals surface area (Å²) in [6, 6.07) is 10.3. The van der Waals surface area contributed by atoms with E-state index in [1.54, 1.807) is 25.3 Å². The van der Waals surface area contributed by atoms with E-state index in [0.29, 0.717) is 48.1 Å². The van der Waals surface area contributed by atoms with Gasteiger partial charge in [0.05, 0.1) is 29.9 Å². The molecule has 5 rings (SSSR count). The van der Waals surface area contributed by atoms with Crippen molar-refractivity contribution in [3.8, 4) is 17.0 Å². The number of benzene rings is 2. The van der Waals surface area contributed by atoms with E-state index in [4.69, 9.17) is 4.74 Å². The van der Waals surface area contributed by atoms with Crippen LogP contribution in [0.25, 0.3) is 22.2 Å². The lowest BCUT2D eigenvalue weighted by molar-refractivity contribution is -0.127. The van der Waals surface area contributed by atoms with Crippen LogP contribution in [0.4, 0.5) is 27.3 Å². The molecule has 0 atom stereocenters. The number of fused-ring (bicyclic) bond motifs is 1. The number of halogens is 1. The summed E-state index contributed by atoms with van der Waals surface area (Å²) < 4.78 is 22.1. The number of likely N-dealkylation sites (N-methyl/N-ethyl adjacent to an activating group) is 1. The van der Waals surface area contributed by atoms with Crippen molar-refractivity contribution in [1.82, 2.24) is 19.4 Å². The number of amides is 2. The van der Waals surface area contributed by atoms with Crippen LogP contribution in [-0.4, -0.2) is 65.0 Å². The number of rotatable bonds is 11. The fourth-order valence-corrected chi connectivity index (χ4v) is 5.34. The molecule has 0 spiro atoms. The van der Waals surface area contributed by atoms with Crippen molar-refractivity contribution in [2.75, 3.05) is 49.3 Å². The number of nitrogens with zero attached hydrogens (tertiary/aromatic N) is 5. The molecule has 2 aromatic heterocycles. The number of carbonyl (C=O) groups is 2. The van der Waals surface area contributed by atoms with E-state index >= 15 is 0 Å². The molecule has 1 saturated heterocycles. The van der Waals surface area contributed by atoms with Gasteiger partial charge in [0.25, 0.3) is 0 Å². The number of anilines is 4. The lowest BCUT2D eigenvalue weighted by Gasteiger charge is -2.26. The molecule has 3 heterocycles. The van der Waals surface area contributed by atoms with Crippen LogP contribution >= 0.6 is 0 Å². The fourth-order valence-electron chi connectivity index (χ4n) is 5.34. The maximum atomic E-state index is 14.3. The van der Waals surface area contributed by atoms with E-state index in [1.165, 1.54) is 24.5 Å². The second kappa shape index (κ2) is 12.5. The van der Waals surface area contributed by atoms with E-state index in [-0.39, 0.29) is 23.7 Å². The summed E-state index contributed by atoms with van der Waals surface area (Å²) in [4.78, 5) is 37.2. The molecule has 0 radical (unpaired) electrons. The Hall–Kier alpha value is -4.93. The van der Waals surface area contributed by atoms with Crippen molar-refractivity contribution in [2.45, 2.75) is 32.7 Å². The molecule has 4 aromatic rings. The third-order valence-electron chi connectivity index (χ3n) is 7.61. The van der Waals surface area contributed by atoms with E-state index in [9.17, 15) is 14.0 Å². The number of aromatic nitrogens is 3. The van der Waals surface area contributed by atoms with Gasteiger partial charge < -0.3 is 29.7 Å². The standard InChI is InChI=1S/C32H36FN7O3/c1-6-31(41)37-25-15-26(29(43-5)17-28(25)38(4)12-13-39-11-7-8-32(39)42)36-30-16-24(34-19-35-30)23-18-40(20(2)3)27-10-9-21(33)14-22(23)27/h6,9-10,14-20H,1,7-8,11-13H2,2-5H3,(H,37,41)(H,34,35,36). The highest BCUT2D eigenvalue weighted by molar-refractivity contribution is 6.02. The molecular weight excluding hydrogens is 549 g/mol. The molecule has 2 amide bonds. The van der Waals surface area contributed by atoms with Crippen LogP contribution in [0.5, 0.6) is 5.75 Å². The van der Waals surface area contributed by atoms with Crippen LogP contribution in [0.3, 0.4) is 0 Å². The molecule has 0 aliphatic carbocycles. The zero-order valence-corrected chi connectivity index (χ0v) is 24.9. The molecule has 2 aromatic carbocycles. The molecule has 0 saturated carbocycles. The minimum Gasteiger partial charge on any atom is -0.494 e. The van der Waals surface area contributed by atoms with Gasteiger partial charge in [-0.1, -0.05) is 6.58 Å². The number of hydrogen-bond donors (Lipinski definition) is 2. The first-order valence-electron chi connectivity index (χ1n) is 14.2. The zero-order chi connectivity index (χ0) is 30.7. The van der Waals surface area contributed by atoms with Gasteiger partial charge in [0.15, 0.2) is 0 Å². The van der Waals surface area contributed by atoms with Gasteiger partial charge in [-0.15, -0.1) is 0 Å². The van der Waals surface area contributed by atoms with Gasteiger partial charge in [-0.05, 0) is 50.6 Å². The summed E-state index contributed by atoms with van der Waals surface area (Å²) >= 11 is 0. The number of ether oxygens (including phenoxy) is 1. The minimum atomic E-state index is -0.362. The molecule has 2 N–H and O–H groups in total. The van der Waals surface area contributed by atoms with Crippen molar-refractivity contribution >= 4 is 45.6 Å². The molecule has 11 heteroatoms. The number of likely N-dealkylation sites (tertiary alicyclic amines) is 1. The Bertz CT molecular complexity index is 1680. The van der Waals surface area contributed by atoms with Crippen molar-refractivity contribution < 1.29 is 18.7 Å². The highest BCUT2D eigenvalue weighted by atomic mass is 19.1. The van der Waals surface area contributed by atoms with Crippen LogP contribution in [0, 0.1) is 5.82 Å². The summed E-state index contributed by atoms with van der Waals surface area (Å²) in [6.07, 6.45) is 6.09. The van der Waals surface area contributed by atoms with Gasteiger partial charge in [-0.3, -0.25) is 9.59 Å². The SMILES string of the molecule is C=CC(=O)Nc1cc(Nc2cc(-c3cn(C(C)C)c4ccc(F)cc34)ncn2)c(OC)cc1N(C)CCN1CCCC1=O. The van der Waals surface area contributed by atoms with Gasteiger partial charge in [0.2, 0.25) is 11.8 Å². The molecular formula is C32H36FN7O3. The third kappa shape index (κ3) is 6.30. The highest BCUT2D eigenvalue weighted by Crippen LogP contribution is 2.39. The molecule has 1 fully saturated rings. The fraction of sp³-hybridized carbons (Fsp3) is 0.312. The summed E-state index contributed by atoms with van der Waals surface area (Å²) in [5, 5.41) is 6.94. The number of carbonyl (C=O) groups excluding carboxylic acids is 2. The molecule has 1 aliphatic rings. The van der Waals surface area contributed by atoms with Gasteiger partial charge in [0.1, 0.15) is 23.7 Å². The Balaban J connectivity index is 1.48. The van der Waals surface area contributed by atoms with E-state index in [0.717, 1.165) is 35.1 Å². The highest BCUT2D eigenvalue weighted by Gasteiger charge is 2.22. The third-order valence-corrected chi connectivity index (χ3v) is 7.61. The predicted octanol–water partition coefficient (Wildman–Crippen LogP) is 5.75. The van der Waals surface area contributed by atoms with Crippen molar-refractivity contribution in [1.29, 1.82) is 0 Å². The minimum absolute atomic E-state index is 0.161. The first-order valence-corrected chi connectivity index (χ1v) is 14.2. The number of hydrogen-bond acceptors (Lipinski definition) is 7. The smallest absolute Gasteiger partial charge is 0.247 e. The van der Waals surface area contributed by atoms with Gasteiger partial charge in [-0.2, -0.15) is 0 Å². The van der Waals surface area contributed by atoms with E-state index in [1.807, 2.05) is 29.1 Å². The maximum Gasteiger partial charge on any atom is 0.247 e. The second-order valence-electron chi connectivity index (χ2n) is 10.8. The maximum absolute atomic E-state index is 14.3. The van der Waals surface area contributed by atoms with Crippen LogP contribution < -0.4 is 20.3 Å². The van der Waals surface area contributed by atoms with Gasteiger partial charge in [0, 0.05) is 73.9 Å². The average Bonchev–Trinajstić information content (AvgIpc) is 3.58. The van der Waals surface area contributed by atoms with Crippen molar-refractivity contribution in [3.05, 3.63) is 67.4 Å². The zero-order valence-electron chi connectivity index (χ0n) is 24.9.